The fourth-order valence-electron chi connectivity index (χ4n) is 3.63. The SMILES string of the molecule is CNC(=O)[C@H]1CCCN1C(=O)[C@H](Cc1ccccc1)NC(=O)OCc1ccccc1. The molecule has 1 saturated heterocycles. The largest absolute Gasteiger partial charge is 0.445 e. The Bertz CT molecular complexity index is 857. The Hall–Kier alpha value is -3.35. The van der Waals surface area contributed by atoms with Crippen LogP contribution in [0.25, 0.3) is 0 Å². The number of likely N-dealkylation sites (tertiary alicyclic amines) is 1. The fourth-order valence-corrected chi connectivity index (χ4v) is 3.63. The van der Waals surface area contributed by atoms with E-state index in [9.17, 15) is 14.4 Å². The molecule has 1 aliphatic heterocycles. The number of carbonyl (C=O) groups is 3. The quantitative estimate of drug-likeness (QED) is 0.734. The highest BCUT2D eigenvalue weighted by molar-refractivity contribution is 5.92. The zero-order valence-corrected chi connectivity index (χ0v) is 17.0. The minimum absolute atomic E-state index is 0.115. The first-order chi connectivity index (χ1) is 14.6. The molecule has 1 aliphatic rings. The predicted octanol–water partition coefficient (Wildman–Crippen LogP) is 2.26. The van der Waals surface area contributed by atoms with Gasteiger partial charge < -0.3 is 20.3 Å². The molecule has 0 saturated carbocycles. The van der Waals surface area contributed by atoms with Crippen LogP contribution in [-0.2, 0) is 27.4 Å². The van der Waals surface area contributed by atoms with E-state index in [1.165, 1.54) is 0 Å². The molecule has 0 spiro atoms. The van der Waals surface area contributed by atoms with Gasteiger partial charge in [0, 0.05) is 20.0 Å². The molecule has 0 bridgehead atoms. The summed E-state index contributed by atoms with van der Waals surface area (Å²) in [4.78, 5) is 39.4. The second kappa shape index (κ2) is 10.4. The van der Waals surface area contributed by atoms with Gasteiger partial charge in [0.25, 0.3) is 0 Å². The number of amides is 3. The number of hydrogen-bond acceptors (Lipinski definition) is 4. The standard InChI is InChI=1S/C23H27N3O4/c1-24-21(27)20-13-8-14-26(20)22(28)19(15-17-9-4-2-5-10-17)25-23(29)30-16-18-11-6-3-7-12-18/h2-7,9-12,19-20H,8,13-16H2,1H3,(H,24,27)(H,25,29)/t19-,20+/m0/s1. The third kappa shape index (κ3) is 5.59. The first kappa shape index (κ1) is 21.4. The maximum absolute atomic E-state index is 13.3. The first-order valence-electron chi connectivity index (χ1n) is 10.1. The third-order valence-electron chi connectivity index (χ3n) is 5.17. The van der Waals surface area contributed by atoms with Crippen molar-refractivity contribution in [2.24, 2.45) is 0 Å². The van der Waals surface area contributed by atoms with Gasteiger partial charge in [-0.25, -0.2) is 4.79 Å². The lowest BCUT2D eigenvalue weighted by Crippen LogP contribution is -2.54. The number of benzene rings is 2. The molecule has 2 aromatic rings. The predicted molar refractivity (Wildman–Crippen MR) is 112 cm³/mol. The van der Waals surface area contributed by atoms with Gasteiger partial charge in [-0.05, 0) is 24.0 Å². The molecule has 0 aromatic heterocycles. The van der Waals surface area contributed by atoms with Gasteiger partial charge in [-0.2, -0.15) is 0 Å². The van der Waals surface area contributed by atoms with Crippen LogP contribution in [0.3, 0.4) is 0 Å². The van der Waals surface area contributed by atoms with Gasteiger partial charge in [0.2, 0.25) is 11.8 Å². The van der Waals surface area contributed by atoms with Gasteiger partial charge in [-0.3, -0.25) is 9.59 Å². The van der Waals surface area contributed by atoms with Crippen molar-refractivity contribution in [3.63, 3.8) is 0 Å². The van der Waals surface area contributed by atoms with E-state index in [2.05, 4.69) is 10.6 Å². The number of nitrogens with zero attached hydrogens (tertiary/aromatic N) is 1. The van der Waals surface area contributed by atoms with E-state index in [1.54, 1.807) is 11.9 Å². The summed E-state index contributed by atoms with van der Waals surface area (Å²) >= 11 is 0. The van der Waals surface area contributed by atoms with E-state index in [0.29, 0.717) is 19.4 Å². The summed E-state index contributed by atoms with van der Waals surface area (Å²) in [5.74, 6) is -0.465. The fraction of sp³-hybridized carbons (Fsp3) is 0.348. The molecule has 2 aromatic carbocycles. The Morgan fingerprint density at radius 3 is 2.30 bits per heavy atom. The van der Waals surface area contributed by atoms with Crippen molar-refractivity contribution in [3.05, 3.63) is 71.8 Å². The summed E-state index contributed by atoms with van der Waals surface area (Å²) in [6.45, 7) is 0.604. The Morgan fingerprint density at radius 2 is 1.67 bits per heavy atom. The van der Waals surface area contributed by atoms with Crippen molar-refractivity contribution in [1.29, 1.82) is 0 Å². The van der Waals surface area contributed by atoms with Crippen molar-refractivity contribution in [2.75, 3.05) is 13.6 Å². The van der Waals surface area contributed by atoms with Crippen LogP contribution in [0.2, 0.25) is 0 Å². The number of carbonyl (C=O) groups excluding carboxylic acids is 3. The van der Waals surface area contributed by atoms with Crippen LogP contribution in [-0.4, -0.2) is 48.5 Å². The Kier molecular flexibility index (Phi) is 7.43. The molecule has 30 heavy (non-hydrogen) atoms. The van der Waals surface area contributed by atoms with E-state index in [4.69, 9.17) is 4.74 Å². The number of nitrogens with one attached hydrogen (secondary N) is 2. The number of ether oxygens (including phenoxy) is 1. The number of alkyl carbamates (subject to hydrolysis) is 1. The second-order valence-electron chi connectivity index (χ2n) is 7.25. The molecule has 0 radical (unpaired) electrons. The molecular weight excluding hydrogens is 382 g/mol. The van der Waals surface area contributed by atoms with E-state index in [-0.39, 0.29) is 18.4 Å². The molecule has 0 unspecified atom stereocenters. The van der Waals surface area contributed by atoms with E-state index >= 15 is 0 Å². The molecule has 2 N–H and O–H groups in total. The smallest absolute Gasteiger partial charge is 0.408 e. The van der Waals surface area contributed by atoms with E-state index in [0.717, 1.165) is 17.5 Å². The highest BCUT2D eigenvalue weighted by Crippen LogP contribution is 2.19. The summed E-state index contributed by atoms with van der Waals surface area (Å²) < 4.78 is 5.30. The molecule has 1 fully saturated rings. The lowest BCUT2D eigenvalue weighted by molar-refractivity contribution is -0.139. The third-order valence-corrected chi connectivity index (χ3v) is 5.17. The average Bonchev–Trinajstić information content (AvgIpc) is 3.27. The second-order valence-corrected chi connectivity index (χ2v) is 7.25. The number of hydrogen-bond donors (Lipinski definition) is 2. The lowest BCUT2D eigenvalue weighted by Gasteiger charge is -2.28. The van der Waals surface area contributed by atoms with Crippen LogP contribution in [0.1, 0.15) is 24.0 Å². The van der Waals surface area contributed by atoms with Gasteiger partial charge >= 0.3 is 6.09 Å². The number of likely N-dealkylation sites (N-methyl/N-ethyl adjacent to an activating group) is 1. The summed E-state index contributed by atoms with van der Waals surface area (Å²) in [6.07, 6.45) is 1.02. The van der Waals surface area contributed by atoms with Crippen LogP contribution in [0.15, 0.2) is 60.7 Å². The monoisotopic (exact) mass is 409 g/mol. The molecule has 7 nitrogen and oxygen atoms in total. The molecule has 3 rings (SSSR count). The summed E-state index contributed by atoms with van der Waals surface area (Å²) in [6, 6.07) is 17.5. The van der Waals surface area contributed by atoms with Gasteiger partial charge in [-0.15, -0.1) is 0 Å². The van der Waals surface area contributed by atoms with Crippen LogP contribution < -0.4 is 10.6 Å². The van der Waals surface area contributed by atoms with Crippen LogP contribution >= 0.6 is 0 Å². The first-order valence-corrected chi connectivity index (χ1v) is 10.1. The van der Waals surface area contributed by atoms with Gasteiger partial charge in [0.05, 0.1) is 0 Å². The van der Waals surface area contributed by atoms with E-state index < -0.39 is 18.2 Å². The summed E-state index contributed by atoms with van der Waals surface area (Å²) in [5, 5.41) is 5.32. The molecule has 1 heterocycles. The van der Waals surface area contributed by atoms with Gasteiger partial charge in [-0.1, -0.05) is 60.7 Å². The van der Waals surface area contributed by atoms with E-state index in [1.807, 2.05) is 60.7 Å². The Morgan fingerprint density at radius 1 is 1.03 bits per heavy atom. The highest BCUT2D eigenvalue weighted by atomic mass is 16.5. The van der Waals surface area contributed by atoms with Gasteiger partial charge in [0.1, 0.15) is 18.7 Å². The zero-order valence-electron chi connectivity index (χ0n) is 17.0. The Labute approximate surface area is 176 Å². The van der Waals surface area contributed by atoms with Crippen molar-refractivity contribution in [3.8, 4) is 0 Å². The minimum Gasteiger partial charge on any atom is -0.445 e. The van der Waals surface area contributed by atoms with Crippen LogP contribution in [0.4, 0.5) is 4.79 Å². The minimum atomic E-state index is -0.819. The number of rotatable bonds is 7. The topological polar surface area (TPSA) is 87.7 Å². The molecule has 7 heteroatoms. The zero-order chi connectivity index (χ0) is 21.3. The van der Waals surface area contributed by atoms with Crippen molar-refractivity contribution < 1.29 is 19.1 Å². The maximum Gasteiger partial charge on any atom is 0.408 e. The van der Waals surface area contributed by atoms with Gasteiger partial charge in [0.15, 0.2) is 0 Å². The molecule has 3 amide bonds. The molecular formula is C23H27N3O4. The molecule has 0 aliphatic carbocycles. The van der Waals surface area contributed by atoms with Crippen LogP contribution in [0, 0.1) is 0 Å². The summed E-state index contributed by atoms with van der Waals surface area (Å²) in [7, 11) is 1.56. The summed E-state index contributed by atoms with van der Waals surface area (Å²) in [5.41, 5.74) is 1.77. The van der Waals surface area contributed by atoms with Crippen LogP contribution in [0.5, 0.6) is 0 Å². The highest BCUT2D eigenvalue weighted by Gasteiger charge is 2.37. The maximum atomic E-state index is 13.3. The average molecular weight is 409 g/mol. The molecule has 2 atom stereocenters. The molecule has 158 valence electrons. The van der Waals surface area contributed by atoms with Crippen molar-refractivity contribution in [2.45, 2.75) is 38.0 Å². The van der Waals surface area contributed by atoms with Crippen molar-refractivity contribution >= 4 is 17.9 Å². The van der Waals surface area contributed by atoms with Crippen molar-refractivity contribution in [1.82, 2.24) is 15.5 Å². The Balaban J connectivity index is 1.70. The lowest BCUT2D eigenvalue weighted by atomic mass is 10.0. The normalized spacial score (nSPS) is 16.6.